The summed E-state index contributed by atoms with van der Waals surface area (Å²) in [5.41, 5.74) is 4.56. The van der Waals surface area contributed by atoms with Crippen molar-refractivity contribution in [1.82, 2.24) is 0 Å². The first-order valence-electron chi connectivity index (χ1n) is 8.95. The number of fused-ring (bicyclic) bond motifs is 2. The monoisotopic (exact) mass is 364 g/mol. The van der Waals surface area contributed by atoms with E-state index in [2.05, 4.69) is 16.9 Å². The number of carbonyl (C=O) groups is 2. The Morgan fingerprint density at radius 3 is 2.19 bits per heavy atom. The van der Waals surface area contributed by atoms with Gasteiger partial charge >= 0.3 is 6.16 Å². The minimum atomic E-state index is -0.956. The number of hydrogen-bond donors (Lipinski definition) is 0. The highest BCUT2D eigenvalue weighted by atomic mass is 16.8. The van der Waals surface area contributed by atoms with E-state index in [1.165, 1.54) is 30.4 Å². The van der Waals surface area contributed by atoms with E-state index in [0.717, 1.165) is 24.0 Å². The van der Waals surface area contributed by atoms with Gasteiger partial charge in [0, 0.05) is 5.92 Å². The summed E-state index contributed by atoms with van der Waals surface area (Å²) < 4.78 is 15.5. The lowest BCUT2D eigenvalue weighted by Crippen LogP contribution is -2.39. The van der Waals surface area contributed by atoms with Gasteiger partial charge in [0.15, 0.2) is 5.78 Å². The second-order valence-corrected chi connectivity index (χ2v) is 6.63. The Morgan fingerprint density at radius 2 is 1.59 bits per heavy atom. The number of ether oxygens (including phenoxy) is 3. The van der Waals surface area contributed by atoms with Gasteiger partial charge in [0.1, 0.15) is 6.10 Å². The van der Waals surface area contributed by atoms with Gasteiger partial charge in [0.2, 0.25) is 6.29 Å². The molecule has 2 aromatic carbocycles. The van der Waals surface area contributed by atoms with E-state index in [9.17, 15) is 9.59 Å². The Morgan fingerprint density at radius 1 is 1.00 bits per heavy atom. The lowest BCUT2D eigenvalue weighted by Gasteiger charge is -2.32. The maximum atomic E-state index is 12.7. The zero-order chi connectivity index (χ0) is 18.8. The number of rotatable bonds is 2. The van der Waals surface area contributed by atoms with Crippen LogP contribution in [0.1, 0.15) is 28.2 Å². The first-order valence-corrected chi connectivity index (χ1v) is 8.95. The van der Waals surface area contributed by atoms with Crippen LogP contribution in [0.2, 0.25) is 0 Å². The quantitative estimate of drug-likeness (QED) is 0.763. The van der Waals surface area contributed by atoms with Crippen LogP contribution in [0.4, 0.5) is 4.79 Å². The molecule has 138 valence electrons. The van der Waals surface area contributed by atoms with Gasteiger partial charge in [0.25, 0.3) is 0 Å². The fraction of sp³-hybridized carbons (Fsp3) is 0.273. The summed E-state index contributed by atoms with van der Waals surface area (Å²) in [6.07, 6.45) is 2.10. The maximum Gasteiger partial charge on any atom is 0.510 e. The van der Waals surface area contributed by atoms with Crippen molar-refractivity contribution >= 4 is 11.9 Å². The summed E-state index contributed by atoms with van der Waals surface area (Å²) in [4.78, 5) is 24.2. The summed E-state index contributed by atoms with van der Waals surface area (Å²) in [7, 11) is 1.23. The minimum Gasteiger partial charge on any atom is -0.438 e. The molecule has 4 rings (SSSR count). The molecule has 0 aromatic heterocycles. The van der Waals surface area contributed by atoms with Crippen LogP contribution in [0, 0.1) is 0 Å². The number of aryl methyl sites for hydroxylation is 2. The maximum absolute atomic E-state index is 12.7. The average molecular weight is 364 g/mol. The third kappa shape index (κ3) is 3.38. The minimum absolute atomic E-state index is 0.142. The summed E-state index contributed by atoms with van der Waals surface area (Å²) in [6, 6.07) is 16.3. The third-order valence-corrected chi connectivity index (χ3v) is 5.10. The first-order chi connectivity index (χ1) is 13.2. The number of hydrogen-bond acceptors (Lipinski definition) is 5. The van der Waals surface area contributed by atoms with Gasteiger partial charge in [-0.3, -0.25) is 4.79 Å². The molecule has 2 unspecified atom stereocenters. The van der Waals surface area contributed by atoms with Gasteiger partial charge in [-0.25, -0.2) is 4.79 Å². The third-order valence-electron chi connectivity index (χ3n) is 5.10. The summed E-state index contributed by atoms with van der Waals surface area (Å²) in [6.45, 7) is 0. The predicted molar refractivity (Wildman–Crippen MR) is 98.4 cm³/mol. The lowest BCUT2D eigenvalue weighted by atomic mass is 9.82. The second kappa shape index (κ2) is 7.37. The van der Waals surface area contributed by atoms with Gasteiger partial charge in [-0.15, -0.1) is 0 Å². The summed E-state index contributed by atoms with van der Waals surface area (Å²) in [5.74, 6) is -0.405. The highest BCUT2D eigenvalue weighted by Gasteiger charge is 2.38. The fourth-order valence-corrected chi connectivity index (χ4v) is 3.87. The number of methoxy groups -OCH3 is 1. The van der Waals surface area contributed by atoms with Crippen molar-refractivity contribution in [2.45, 2.75) is 31.2 Å². The topological polar surface area (TPSA) is 61.8 Å². The van der Waals surface area contributed by atoms with Crippen molar-refractivity contribution in [1.29, 1.82) is 0 Å². The molecule has 2 aromatic rings. The van der Waals surface area contributed by atoms with E-state index >= 15 is 0 Å². The van der Waals surface area contributed by atoms with Gasteiger partial charge in [0.05, 0.1) is 7.11 Å². The molecule has 1 heterocycles. The fourth-order valence-electron chi connectivity index (χ4n) is 3.87. The summed E-state index contributed by atoms with van der Waals surface area (Å²) in [5, 5.41) is 0. The van der Waals surface area contributed by atoms with E-state index in [1.54, 1.807) is 0 Å². The van der Waals surface area contributed by atoms with Gasteiger partial charge in [-0.2, -0.15) is 0 Å². The smallest absolute Gasteiger partial charge is 0.438 e. The zero-order valence-corrected chi connectivity index (χ0v) is 15.0. The molecule has 0 saturated carbocycles. The van der Waals surface area contributed by atoms with Crippen molar-refractivity contribution < 1.29 is 23.8 Å². The van der Waals surface area contributed by atoms with Gasteiger partial charge < -0.3 is 14.2 Å². The molecule has 0 radical (unpaired) electrons. The molecule has 5 heteroatoms. The van der Waals surface area contributed by atoms with Crippen molar-refractivity contribution in [2.75, 3.05) is 7.11 Å². The molecule has 2 aliphatic rings. The zero-order valence-electron chi connectivity index (χ0n) is 15.0. The van der Waals surface area contributed by atoms with E-state index < -0.39 is 18.5 Å². The highest BCUT2D eigenvalue weighted by molar-refractivity contribution is 5.95. The normalized spacial score (nSPS) is 21.7. The van der Waals surface area contributed by atoms with Crippen LogP contribution in [0.25, 0.3) is 0 Å². The van der Waals surface area contributed by atoms with Crippen LogP contribution in [-0.4, -0.2) is 31.4 Å². The second-order valence-electron chi connectivity index (χ2n) is 6.63. The number of benzene rings is 2. The van der Waals surface area contributed by atoms with Crippen molar-refractivity contribution in [3.63, 3.8) is 0 Å². The molecule has 0 bridgehead atoms. The molecule has 0 N–H and O–H groups in total. The van der Waals surface area contributed by atoms with Gasteiger partial charge in [-0.05, 0) is 47.2 Å². The van der Waals surface area contributed by atoms with Crippen LogP contribution < -0.4 is 0 Å². The van der Waals surface area contributed by atoms with E-state index in [-0.39, 0.29) is 11.7 Å². The van der Waals surface area contributed by atoms with Gasteiger partial charge in [-0.1, -0.05) is 48.5 Å². The Hall–Kier alpha value is -2.92. The van der Waals surface area contributed by atoms with Crippen LogP contribution in [0.15, 0.2) is 60.7 Å². The van der Waals surface area contributed by atoms with E-state index in [4.69, 9.17) is 9.47 Å². The lowest BCUT2D eigenvalue weighted by molar-refractivity contribution is -0.154. The Bertz CT molecular complexity index is 854. The highest BCUT2D eigenvalue weighted by Crippen LogP contribution is 2.39. The molecule has 1 aliphatic heterocycles. The molecule has 0 spiro atoms. The standard InChI is InChI=1S/C22H20O5/c1-25-22(24)27-19-13-12-18(23)21(26-19)20-16-8-4-2-6-14(16)10-11-15-7-3-5-9-17(15)20/h2-9,12-13,19-21H,10-11H2,1H3. The van der Waals surface area contributed by atoms with Crippen LogP contribution in [0.3, 0.4) is 0 Å². The largest absolute Gasteiger partial charge is 0.510 e. The Labute approximate surface area is 157 Å². The molecule has 5 nitrogen and oxygen atoms in total. The molecule has 0 saturated heterocycles. The van der Waals surface area contributed by atoms with Crippen molar-refractivity contribution in [3.8, 4) is 0 Å². The molecular formula is C22H20O5. The molecule has 27 heavy (non-hydrogen) atoms. The molecule has 2 atom stereocenters. The first kappa shape index (κ1) is 17.5. The van der Waals surface area contributed by atoms with E-state index in [0.29, 0.717) is 0 Å². The molecule has 0 fully saturated rings. The van der Waals surface area contributed by atoms with Crippen molar-refractivity contribution in [2.24, 2.45) is 0 Å². The predicted octanol–water partition coefficient (Wildman–Crippen LogP) is 3.55. The van der Waals surface area contributed by atoms with E-state index in [1.807, 2.05) is 36.4 Å². The van der Waals surface area contributed by atoms with Crippen molar-refractivity contribution in [3.05, 3.63) is 82.9 Å². The SMILES string of the molecule is COC(=O)OC1C=CC(=O)C(C2c3ccccc3CCc3ccccc32)O1. The summed E-state index contributed by atoms with van der Waals surface area (Å²) >= 11 is 0. The molecule has 1 aliphatic carbocycles. The Kier molecular flexibility index (Phi) is 4.77. The number of carbonyl (C=O) groups excluding carboxylic acids is 2. The number of ketones is 1. The van der Waals surface area contributed by atoms with Crippen LogP contribution in [-0.2, 0) is 31.8 Å². The Balaban J connectivity index is 1.77. The average Bonchev–Trinajstić information content (AvgIpc) is 2.86. The molecule has 0 amide bonds. The molecular weight excluding hydrogens is 344 g/mol. The van der Waals surface area contributed by atoms with Crippen LogP contribution in [0.5, 0.6) is 0 Å². The van der Waals surface area contributed by atoms with Crippen LogP contribution >= 0.6 is 0 Å².